The highest BCUT2D eigenvalue weighted by atomic mass is 28.1. The van der Waals surface area contributed by atoms with Crippen molar-refractivity contribution in [2.45, 2.75) is 13.3 Å². The Hall–Kier alpha value is 0.137. The van der Waals surface area contributed by atoms with Crippen LogP contribution in [0.3, 0.4) is 0 Å². The predicted molar refractivity (Wildman–Crippen MR) is 44.3 cm³/mol. The van der Waals surface area contributed by atoms with Gasteiger partial charge in [-0.3, -0.25) is 0 Å². The predicted octanol–water partition coefficient (Wildman–Crippen LogP) is -0.248. The fraction of sp³-hybridized carbons (Fsp3) is 1.00. The van der Waals surface area contributed by atoms with E-state index in [-0.39, 0.29) is 0 Å². The van der Waals surface area contributed by atoms with Gasteiger partial charge >= 0.3 is 0 Å². The zero-order valence-electron chi connectivity index (χ0n) is 6.85. The molecule has 1 fully saturated rings. The molecular formula is C7H16O2Si. The van der Waals surface area contributed by atoms with Crippen LogP contribution in [0, 0.1) is 5.41 Å². The highest BCUT2D eigenvalue weighted by Crippen LogP contribution is 2.30. The SMILES string of the molecule is CCC1(COC[SiH3])COC1. The third-order valence-corrected chi connectivity index (χ3v) is 2.59. The van der Waals surface area contributed by atoms with Crippen LogP contribution in [0.2, 0.25) is 0 Å². The molecule has 60 valence electrons. The molecule has 0 saturated carbocycles. The van der Waals surface area contributed by atoms with Crippen LogP contribution in [0.5, 0.6) is 0 Å². The van der Waals surface area contributed by atoms with Crippen LogP contribution < -0.4 is 0 Å². The van der Waals surface area contributed by atoms with E-state index in [1.807, 2.05) is 0 Å². The molecule has 0 bridgehead atoms. The number of hydrogen-bond acceptors (Lipinski definition) is 2. The molecule has 1 aliphatic rings. The monoisotopic (exact) mass is 160 g/mol. The van der Waals surface area contributed by atoms with E-state index >= 15 is 0 Å². The maximum atomic E-state index is 5.41. The average molecular weight is 160 g/mol. The highest BCUT2D eigenvalue weighted by Gasteiger charge is 2.36. The molecule has 2 nitrogen and oxygen atoms in total. The standard InChI is InChI=1S/C7H16O2Si/c1-2-7(3-8-4-7)5-9-6-10/h2-6H2,1,10H3. The van der Waals surface area contributed by atoms with Gasteiger partial charge in [-0.2, -0.15) is 0 Å². The Labute approximate surface area is 65.3 Å². The van der Waals surface area contributed by atoms with E-state index < -0.39 is 0 Å². The Morgan fingerprint density at radius 2 is 2.30 bits per heavy atom. The Bertz CT molecular complexity index is 96.3. The summed E-state index contributed by atoms with van der Waals surface area (Å²) in [5, 5.41) is 0. The van der Waals surface area contributed by atoms with Crippen molar-refractivity contribution in [3.05, 3.63) is 0 Å². The van der Waals surface area contributed by atoms with Gasteiger partial charge in [0.05, 0.1) is 19.8 Å². The fourth-order valence-electron chi connectivity index (χ4n) is 1.10. The van der Waals surface area contributed by atoms with E-state index in [1.54, 1.807) is 0 Å². The minimum atomic E-state index is 0.393. The van der Waals surface area contributed by atoms with E-state index in [0.717, 1.165) is 36.3 Å². The third-order valence-electron chi connectivity index (χ3n) is 2.18. The van der Waals surface area contributed by atoms with E-state index in [2.05, 4.69) is 6.92 Å². The van der Waals surface area contributed by atoms with Crippen molar-refractivity contribution in [3.63, 3.8) is 0 Å². The van der Waals surface area contributed by atoms with Crippen LogP contribution in [0.15, 0.2) is 0 Å². The van der Waals surface area contributed by atoms with E-state index in [9.17, 15) is 0 Å². The number of rotatable bonds is 4. The first-order valence-corrected chi connectivity index (χ1v) is 5.40. The third kappa shape index (κ3) is 1.59. The first-order valence-electron chi connectivity index (χ1n) is 3.98. The summed E-state index contributed by atoms with van der Waals surface area (Å²) in [5.41, 5.74) is 0.393. The van der Waals surface area contributed by atoms with Crippen LogP contribution in [-0.2, 0) is 9.47 Å². The van der Waals surface area contributed by atoms with Gasteiger partial charge in [0.15, 0.2) is 0 Å². The summed E-state index contributed by atoms with van der Waals surface area (Å²) in [7, 11) is 1.15. The van der Waals surface area contributed by atoms with Gasteiger partial charge in [-0.1, -0.05) is 6.92 Å². The topological polar surface area (TPSA) is 18.5 Å². The van der Waals surface area contributed by atoms with Gasteiger partial charge in [0, 0.05) is 21.9 Å². The molecule has 0 spiro atoms. The van der Waals surface area contributed by atoms with E-state index in [4.69, 9.17) is 9.47 Å². The number of ether oxygens (including phenoxy) is 2. The first-order chi connectivity index (χ1) is 4.83. The smallest absolute Gasteiger partial charge is 0.0566 e. The van der Waals surface area contributed by atoms with Crippen LogP contribution in [0.4, 0.5) is 0 Å². The molecule has 1 saturated heterocycles. The minimum Gasteiger partial charge on any atom is -0.385 e. The van der Waals surface area contributed by atoms with Crippen molar-refractivity contribution < 1.29 is 9.47 Å². The Morgan fingerprint density at radius 3 is 2.60 bits per heavy atom. The summed E-state index contributed by atoms with van der Waals surface area (Å²) in [5.74, 6) is 0. The van der Waals surface area contributed by atoms with Crippen molar-refractivity contribution in [2.24, 2.45) is 5.41 Å². The van der Waals surface area contributed by atoms with Gasteiger partial charge in [0.1, 0.15) is 0 Å². The zero-order chi connectivity index (χ0) is 7.45. The fourth-order valence-corrected chi connectivity index (χ4v) is 1.30. The summed E-state index contributed by atoms with van der Waals surface area (Å²) < 4.78 is 10.6. The first kappa shape index (κ1) is 8.24. The minimum absolute atomic E-state index is 0.393. The van der Waals surface area contributed by atoms with Crippen molar-refractivity contribution in [3.8, 4) is 0 Å². The van der Waals surface area contributed by atoms with Crippen LogP contribution in [0.25, 0.3) is 0 Å². The molecule has 0 atom stereocenters. The van der Waals surface area contributed by atoms with E-state index in [1.165, 1.54) is 6.42 Å². The molecule has 0 N–H and O–H groups in total. The maximum Gasteiger partial charge on any atom is 0.0566 e. The molecular weight excluding hydrogens is 144 g/mol. The molecule has 0 radical (unpaired) electrons. The summed E-state index contributed by atoms with van der Waals surface area (Å²) in [6.45, 7) is 4.93. The maximum absolute atomic E-state index is 5.41. The molecule has 0 aromatic carbocycles. The highest BCUT2D eigenvalue weighted by molar-refractivity contribution is 6.08. The van der Waals surface area contributed by atoms with Gasteiger partial charge in [-0.15, -0.1) is 0 Å². The quantitative estimate of drug-likeness (QED) is 0.528. The van der Waals surface area contributed by atoms with Crippen LogP contribution in [-0.4, -0.2) is 36.3 Å². The number of hydrogen-bond donors (Lipinski definition) is 0. The van der Waals surface area contributed by atoms with Gasteiger partial charge in [0.2, 0.25) is 0 Å². The molecule has 1 rings (SSSR count). The molecule has 0 aromatic rings. The van der Waals surface area contributed by atoms with Gasteiger partial charge in [0.25, 0.3) is 0 Å². The van der Waals surface area contributed by atoms with E-state index in [0.29, 0.717) is 5.41 Å². The van der Waals surface area contributed by atoms with Crippen molar-refractivity contribution in [2.75, 3.05) is 26.1 Å². The largest absolute Gasteiger partial charge is 0.385 e. The second-order valence-corrected chi connectivity index (χ2v) is 3.56. The summed E-state index contributed by atoms with van der Waals surface area (Å²) in [6, 6.07) is 0. The normalized spacial score (nSPS) is 22.5. The Morgan fingerprint density at radius 1 is 1.60 bits per heavy atom. The van der Waals surface area contributed by atoms with Gasteiger partial charge in [-0.25, -0.2) is 0 Å². The van der Waals surface area contributed by atoms with Crippen molar-refractivity contribution in [1.29, 1.82) is 0 Å². The van der Waals surface area contributed by atoms with Gasteiger partial charge < -0.3 is 9.47 Å². The van der Waals surface area contributed by atoms with Crippen LogP contribution >= 0.6 is 0 Å². The second kappa shape index (κ2) is 3.51. The van der Waals surface area contributed by atoms with Crippen molar-refractivity contribution >= 4 is 10.2 Å². The molecule has 10 heavy (non-hydrogen) atoms. The molecule has 0 amide bonds. The lowest BCUT2D eigenvalue weighted by molar-refractivity contribution is -0.146. The Kier molecular flexibility index (Phi) is 2.89. The summed E-state index contributed by atoms with van der Waals surface area (Å²) in [6.07, 6.45) is 2.15. The molecule has 3 heteroatoms. The van der Waals surface area contributed by atoms with Crippen LogP contribution in [0.1, 0.15) is 13.3 Å². The molecule has 0 aliphatic carbocycles. The Balaban J connectivity index is 2.20. The summed E-state index contributed by atoms with van der Waals surface area (Å²) >= 11 is 0. The molecule has 1 heterocycles. The lowest BCUT2D eigenvalue weighted by Crippen LogP contribution is -2.45. The molecule has 0 aromatic heterocycles. The second-order valence-electron chi connectivity index (χ2n) is 2.98. The lowest BCUT2D eigenvalue weighted by atomic mass is 9.84. The van der Waals surface area contributed by atoms with Crippen molar-refractivity contribution in [1.82, 2.24) is 0 Å². The zero-order valence-corrected chi connectivity index (χ0v) is 8.85. The van der Waals surface area contributed by atoms with Gasteiger partial charge in [-0.05, 0) is 6.42 Å². The lowest BCUT2D eigenvalue weighted by Gasteiger charge is -2.40. The molecule has 0 unspecified atom stereocenters. The summed E-state index contributed by atoms with van der Waals surface area (Å²) in [4.78, 5) is 0. The molecule has 1 aliphatic heterocycles. The average Bonchev–Trinajstić information content (AvgIpc) is 1.87.